The Kier molecular flexibility index (Phi) is 8.34. The summed E-state index contributed by atoms with van der Waals surface area (Å²) in [7, 11) is 1.38. The summed E-state index contributed by atoms with van der Waals surface area (Å²) < 4.78 is 12.8. The average Bonchev–Trinajstić information content (AvgIpc) is 2.97. The minimum Gasteiger partial charge on any atom is -0.504 e. The first-order valence-corrected chi connectivity index (χ1v) is 14.4. The third-order valence-corrected chi connectivity index (χ3v) is 8.42. The topological polar surface area (TPSA) is 151 Å². The van der Waals surface area contributed by atoms with Gasteiger partial charge in [-0.15, -0.1) is 0 Å². The predicted octanol–water partition coefficient (Wildman–Crippen LogP) is 2.84. The van der Waals surface area contributed by atoms with E-state index in [1.165, 1.54) is 19.2 Å². The Morgan fingerprint density at radius 3 is 2.58 bits per heavy atom. The van der Waals surface area contributed by atoms with Crippen molar-refractivity contribution in [1.82, 2.24) is 14.8 Å². The Labute approximate surface area is 248 Å². The van der Waals surface area contributed by atoms with Crippen molar-refractivity contribution in [3.63, 3.8) is 0 Å². The van der Waals surface area contributed by atoms with Crippen LogP contribution in [0.3, 0.4) is 0 Å². The first-order valence-electron chi connectivity index (χ1n) is 14.4. The van der Waals surface area contributed by atoms with Gasteiger partial charge in [-0.2, -0.15) is 0 Å². The highest BCUT2D eigenvalue weighted by atomic mass is 16.5. The van der Waals surface area contributed by atoms with Crippen LogP contribution in [-0.2, 0) is 16.1 Å². The van der Waals surface area contributed by atoms with E-state index in [1.54, 1.807) is 34.6 Å². The van der Waals surface area contributed by atoms with Crippen molar-refractivity contribution in [2.45, 2.75) is 58.0 Å². The lowest BCUT2D eigenvalue weighted by Gasteiger charge is -2.44. The number of ether oxygens (including phenoxy) is 1. The Hall–Kier alpha value is -4.54. The van der Waals surface area contributed by atoms with Crippen LogP contribution in [0.4, 0.5) is 0 Å². The van der Waals surface area contributed by atoms with Gasteiger partial charge in [0.15, 0.2) is 17.3 Å². The van der Waals surface area contributed by atoms with Crippen LogP contribution in [0.1, 0.15) is 61.3 Å². The molecular weight excluding hydrogens is 554 g/mol. The number of likely N-dealkylation sites (tertiary alicyclic amines) is 1. The third-order valence-electron chi connectivity index (χ3n) is 8.42. The molecule has 3 unspecified atom stereocenters. The molecule has 2 aliphatic heterocycles. The summed E-state index contributed by atoms with van der Waals surface area (Å²) in [5, 5.41) is 23.7. The maximum absolute atomic E-state index is 13.9. The van der Waals surface area contributed by atoms with Crippen molar-refractivity contribution in [2.75, 3.05) is 20.2 Å². The summed E-state index contributed by atoms with van der Waals surface area (Å²) in [6.45, 7) is 6.78. The summed E-state index contributed by atoms with van der Waals surface area (Å²) in [6.07, 6.45) is 0.640. The molecule has 1 saturated heterocycles. The zero-order valence-electron chi connectivity index (χ0n) is 24.7. The fourth-order valence-corrected chi connectivity index (χ4v) is 6.34. The molecule has 11 heteroatoms. The van der Waals surface area contributed by atoms with Gasteiger partial charge in [0, 0.05) is 49.8 Å². The van der Waals surface area contributed by atoms with Crippen LogP contribution >= 0.6 is 0 Å². The number of rotatable bonds is 8. The summed E-state index contributed by atoms with van der Waals surface area (Å²) in [5.41, 5.74) is 0.706. The number of carbonyl (C=O) groups is 2. The van der Waals surface area contributed by atoms with E-state index in [1.807, 2.05) is 19.9 Å². The fourth-order valence-electron chi connectivity index (χ4n) is 6.34. The van der Waals surface area contributed by atoms with Crippen LogP contribution in [0.15, 0.2) is 56.5 Å². The van der Waals surface area contributed by atoms with Crippen molar-refractivity contribution in [3.8, 4) is 17.2 Å². The fraction of sp³-hybridized carbons (Fsp3) is 0.438. The second-order valence-corrected chi connectivity index (χ2v) is 11.9. The van der Waals surface area contributed by atoms with Gasteiger partial charge in [0.25, 0.3) is 5.56 Å². The number of carbonyl (C=O) groups excluding carboxylic acids is 2. The average molecular weight is 592 g/mol. The molecule has 228 valence electrons. The Balaban J connectivity index is 1.39. The molecular formula is C32H37N3O8. The van der Waals surface area contributed by atoms with Gasteiger partial charge >= 0.3 is 0 Å². The van der Waals surface area contributed by atoms with Crippen LogP contribution in [-0.4, -0.2) is 57.7 Å². The number of nitrogens with zero attached hydrogens (tertiary/aromatic N) is 2. The predicted molar refractivity (Wildman–Crippen MR) is 157 cm³/mol. The number of phenolic OH excluding ortho intramolecular Hbond substituents is 1. The van der Waals surface area contributed by atoms with E-state index in [-0.39, 0.29) is 58.7 Å². The zero-order chi connectivity index (χ0) is 31.0. The van der Waals surface area contributed by atoms with Gasteiger partial charge < -0.3 is 34.2 Å². The van der Waals surface area contributed by atoms with E-state index >= 15 is 0 Å². The molecule has 2 aromatic heterocycles. The van der Waals surface area contributed by atoms with Gasteiger partial charge in [-0.25, -0.2) is 0 Å². The van der Waals surface area contributed by atoms with Gasteiger partial charge in [0.2, 0.25) is 23.0 Å². The van der Waals surface area contributed by atoms with Crippen molar-refractivity contribution in [2.24, 2.45) is 11.8 Å². The normalized spacial score (nSPS) is 19.0. The first kappa shape index (κ1) is 29.9. The number of aromatic hydroxyl groups is 2. The van der Waals surface area contributed by atoms with Gasteiger partial charge in [0.05, 0.1) is 13.0 Å². The molecule has 4 heterocycles. The van der Waals surface area contributed by atoms with E-state index < -0.39 is 29.0 Å². The molecule has 3 aromatic rings. The number of nitrogens with one attached hydrogen (secondary N) is 1. The number of aryl methyl sites for hydroxylation is 1. The molecule has 2 aliphatic rings. The number of phenols is 1. The quantitative estimate of drug-likeness (QED) is 0.362. The number of fused-ring (bicyclic) bond motifs is 4. The second kappa shape index (κ2) is 12.0. The number of piperidine rings is 1. The molecule has 0 radical (unpaired) electrons. The zero-order valence-corrected chi connectivity index (χ0v) is 24.7. The minimum atomic E-state index is -0.922. The smallest absolute Gasteiger partial charge is 0.250 e. The number of benzene rings is 1. The maximum Gasteiger partial charge on any atom is 0.250 e. The van der Waals surface area contributed by atoms with E-state index in [0.29, 0.717) is 25.2 Å². The molecule has 2 bridgehead atoms. The molecule has 0 saturated carbocycles. The van der Waals surface area contributed by atoms with Crippen LogP contribution in [0, 0.1) is 18.8 Å². The number of methoxy groups -OCH3 is 1. The lowest BCUT2D eigenvalue weighted by molar-refractivity contribution is -0.140. The molecule has 1 fully saturated rings. The number of pyridine rings is 1. The number of amides is 2. The maximum atomic E-state index is 13.9. The van der Waals surface area contributed by atoms with E-state index in [9.17, 15) is 29.4 Å². The molecule has 43 heavy (non-hydrogen) atoms. The largest absolute Gasteiger partial charge is 0.504 e. The molecule has 0 aliphatic carbocycles. The number of hydrogen-bond donors (Lipinski definition) is 3. The Bertz CT molecular complexity index is 1660. The van der Waals surface area contributed by atoms with Crippen LogP contribution in [0.5, 0.6) is 17.2 Å². The van der Waals surface area contributed by atoms with Crippen molar-refractivity contribution < 1.29 is 29.0 Å². The highest BCUT2D eigenvalue weighted by Crippen LogP contribution is 2.38. The lowest BCUT2D eigenvalue weighted by Crippen LogP contribution is -2.56. The minimum absolute atomic E-state index is 0.0319. The molecule has 4 atom stereocenters. The van der Waals surface area contributed by atoms with Gasteiger partial charge in [-0.3, -0.25) is 19.2 Å². The molecule has 11 nitrogen and oxygen atoms in total. The van der Waals surface area contributed by atoms with Crippen molar-refractivity contribution in [1.29, 1.82) is 0 Å². The molecule has 5 rings (SSSR count). The number of aromatic nitrogens is 1. The molecule has 1 aromatic carbocycles. The first-order chi connectivity index (χ1) is 20.5. The molecule has 3 N–H and O–H groups in total. The summed E-state index contributed by atoms with van der Waals surface area (Å²) in [5.74, 6) is -2.09. The van der Waals surface area contributed by atoms with E-state index in [2.05, 4.69) is 5.32 Å². The Morgan fingerprint density at radius 1 is 1.09 bits per heavy atom. The Morgan fingerprint density at radius 2 is 1.86 bits per heavy atom. The summed E-state index contributed by atoms with van der Waals surface area (Å²) in [4.78, 5) is 54.1. The highest BCUT2D eigenvalue weighted by Gasteiger charge is 2.39. The van der Waals surface area contributed by atoms with E-state index in [0.717, 1.165) is 18.2 Å². The van der Waals surface area contributed by atoms with Crippen LogP contribution < -0.4 is 21.0 Å². The van der Waals surface area contributed by atoms with Crippen LogP contribution in [0.25, 0.3) is 0 Å². The van der Waals surface area contributed by atoms with Gasteiger partial charge in [-0.1, -0.05) is 26.0 Å². The summed E-state index contributed by atoms with van der Waals surface area (Å²) in [6, 6.07) is 10.0. The van der Waals surface area contributed by atoms with Gasteiger partial charge in [-0.05, 0) is 48.9 Å². The SMILES string of the molecule is COc1cc(C(CC(=O)N[C@H](C(=O)N2CC3CC(C2)c2cccc(=O)n2C3)C(C)C)c2oc(C)cc(=O)c2O)ccc1O. The second-order valence-electron chi connectivity index (χ2n) is 11.9. The van der Waals surface area contributed by atoms with Crippen molar-refractivity contribution >= 4 is 11.8 Å². The number of hydrogen-bond acceptors (Lipinski definition) is 8. The molecule has 2 amide bonds. The third kappa shape index (κ3) is 6.02. The lowest BCUT2D eigenvalue weighted by atomic mass is 9.82. The highest BCUT2D eigenvalue weighted by molar-refractivity contribution is 5.88. The molecule has 0 spiro atoms. The van der Waals surface area contributed by atoms with Crippen LogP contribution in [0.2, 0.25) is 0 Å². The standard InChI is InChI=1S/C32H37N3O8/c1-17(2)29(32(41)34-14-19-11-21(16-34)23-6-5-7-28(39)35(23)15-19)33-27(38)13-22(20-8-9-24(36)26(12-20)42-4)31-30(40)25(37)10-18(3)43-31/h5-10,12,17,19,21-22,29,36,40H,11,13-16H2,1-4H3,(H,33,38)/t19?,21?,22?,29-/m0/s1. The van der Waals surface area contributed by atoms with Gasteiger partial charge in [0.1, 0.15) is 11.8 Å². The summed E-state index contributed by atoms with van der Waals surface area (Å²) >= 11 is 0. The monoisotopic (exact) mass is 591 g/mol. The van der Waals surface area contributed by atoms with E-state index in [4.69, 9.17) is 9.15 Å². The van der Waals surface area contributed by atoms with Crippen molar-refractivity contribution in [3.05, 3.63) is 85.8 Å².